The summed E-state index contributed by atoms with van der Waals surface area (Å²) in [6.07, 6.45) is 3.95. The van der Waals surface area contributed by atoms with Gasteiger partial charge in [-0.15, -0.1) is 24.8 Å². The first-order valence-electron chi connectivity index (χ1n) is 7.61. The molecule has 1 aliphatic heterocycles. The zero-order valence-electron chi connectivity index (χ0n) is 13.0. The van der Waals surface area contributed by atoms with Gasteiger partial charge in [-0.05, 0) is 24.8 Å². The second-order valence-corrected chi connectivity index (χ2v) is 5.85. The number of rotatable bonds is 4. The molecular weight excluding hydrogens is 323 g/mol. The van der Waals surface area contributed by atoms with Gasteiger partial charge in [0.25, 0.3) is 0 Å². The Morgan fingerprint density at radius 2 is 1.91 bits per heavy atom. The number of aromatic hydroxyl groups is 1. The van der Waals surface area contributed by atoms with Gasteiger partial charge in [0.1, 0.15) is 11.5 Å². The van der Waals surface area contributed by atoms with Crippen molar-refractivity contribution in [2.45, 2.75) is 25.3 Å². The smallest absolute Gasteiger partial charge is 0.127 e. The second-order valence-electron chi connectivity index (χ2n) is 5.85. The zero-order chi connectivity index (χ0) is 13.9. The SMILES string of the molecule is COc1cc(O)ccc1[C@@H](C1CCC1)N1CCNCC1.Cl.Cl. The monoisotopic (exact) mass is 348 g/mol. The number of nitrogens with one attached hydrogen (secondary N) is 1. The number of benzene rings is 1. The third kappa shape index (κ3) is 3.99. The first-order chi connectivity index (χ1) is 9.79. The van der Waals surface area contributed by atoms with E-state index in [1.807, 2.05) is 6.07 Å². The maximum Gasteiger partial charge on any atom is 0.127 e. The van der Waals surface area contributed by atoms with E-state index < -0.39 is 0 Å². The molecule has 2 fully saturated rings. The van der Waals surface area contributed by atoms with Crippen molar-refractivity contribution < 1.29 is 9.84 Å². The van der Waals surface area contributed by atoms with Gasteiger partial charge in [0.2, 0.25) is 0 Å². The highest BCUT2D eigenvalue weighted by Crippen LogP contribution is 2.44. The molecule has 22 heavy (non-hydrogen) atoms. The maximum atomic E-state index is 9.67. The Labute approximate surface area is 145 Å². The van der Waals surface area contributed by atoms with Crippen molar-refractivity contribution in [2.75, 3.05) is 33.3 Å². The van der Waals surface area contributed by atoms with E-state index in [1.165, 1.54) is 24.8 Å². The molecule has 0 amide bonds. The Kier molecular flexibility index (Phi) is 7.77. The van der Waals surface area contributed by atoms with E-state index in [4.69, 9.17) is 4.74 Å². The van der Waals surface area contributed by atoms with Crippen molar-refractivity contribution >= 4 is 24.8 Å². The summed E-state index contributed by atoms with van der Waals surface area (Å²) in [4.78, 5) is 2.58. The standard InChI is InChI=1S/C16H24N2O2.2ClH/c1-20-15-11-13(19)5-6-14(15)16(12-3-2-4-12)18-9-7-17-8-10-18;;/h5-6,11-12,16-17,19H,2-4,7-10H2,1H3;2*1H/t16-;;/m1../s1. The topological polar surface area (TPSA) is 44.7 Å². The van der Waals surface area contributed by atoms with E-state index in [9.17, 15) is 5.11 Å². The summed E-state index contributed by atoms with van der Waals surface area (Å²) >= 11 is 0. The van der Waals surface area contributed by atoms with Crippen molar-refractivity contribution in [1.29, 1.82) is 0 Å². The first kappa shape index (κ1) is 19.4. The third-order valence-electron chi connectivity index (χ3n) is 4.68. The van der Waals surface area contributed by atoms with Crippen molar-refractivity contribution in [3.8, 4) is 11.5 Å². The lowest BCUT2D eigenvalue weighted by Gasteiger charge is -2.43. The van der Waals surface area contributed by atoms with Gasteiger partial charge in [0.05, 0.1) is 7.11 Å². The molecule has 4 nitrogen and oxygen atoms in total. The van der Waals surface area contributed by atoms with Crippen molar-refractivity contribution in [1.82, 2.24) is 10.2 Å². The summed E-state index contributed by atoms with van der Waals surface area (Å²) in [5, 5.41) is 13.1. The fourth-order valence-electron chi connectivity index (χ4n) is 3.41. The van der Waals surface area contributed by atoms with E-state index >= 15 is 0 Å². The van der Waals surface area contributed by atoms with Crippen molar-refractivity contribution in [3.63, 3.8) is 0 Å². The van der Waals surface area contributed by atoms with Crippen LogP contribution in [0.4, 0.5) is 0 Å². The van der Waals surface area contributed by atoms with Crippen LogP contribution in [0.2, 0.25) is 0 Å². The highest BCUT2D eigenvalue weighted by atomic mass is 35.5. The van der Waals surface area contributed by atoms with Crippen molar-refractivity contribution in [2.24, 2.45) is 5.92 Å². The molecule has 1 atom stereocenters. The number of hydrogen-bond donors (Lipinski definition) is 2. The Bertz CT molecular complexity index is 463. The van der Waals surface area contributed by atoms with Crippen LogP contribution < -0.4 is 10.1 Å². The van der Waals surface area contributed by atoms with Gasteiger partial charge in [-0.2, -0.15) is 0 Å². The van der Waals surface area contributed by atoms with Gasteiger partial charge >= 0.3 is 0 Å². The fourth-order valence-corrected chi connectivity index (χ4v) is 3.41. The number of methoxy groups -OCH3 is 1. The molecule has 2 aliphatic rings. The van der Waals surface area contributed by atoms with Crippen LogP contribution in [-0.4, -0.2) is 43.3 Å². The van der Waals surface area contributed by atoms with Crippen molar-refractivity contribution in [3.05, 3.63) is 23.8 Å². The van der Waals surface area contributed by atoms with Gasteiger partial charge < -0.3 is 15.2 Å². The molecule has 1 heterocycles. The molecule has 0 aromatic heterocycles. The summed E-state index contributed by atoms with van der Waals surface area (Å²) in [6.45, 7) is 4.30. The number of ether oxygens (including phenoxy) is 1. The number of phenols is 1. The lowest BCUT2D eigenvalue weighted by Crippen LogP contribution is -2.47. The predicted molar refractivity (Wildman–Crippen MR) is 93.7 cm³/mol. The molecule has 6 heteroatoms. The third-order valence-corrected chi connectivity index (χ3v) is 4.68. The van der Waals surface area contributed by atoms with Gasteiger partial charge in [-0.25, -0.2) is 0 Å². The van der Waals surface area contributed by atoms with Gasteiger partial charge in [-0.1, -0.05) is 12.5 Å². The normalized spacial score (nSPS) is 20.2. The minimum Gasteiger partial charge on any atom is -0.508 e. The average molecular weight is 349 g/mol. The van der Waals surface area contributed by atoms with E-state index in [0.717, 1.165) is 37.8 Å². The number of nitrogens with zero attached hydrogens (tertiary/aromatic N) is 1. The summed E-state index contributed by atoms with van der Waals surface area (Å²) < 4.78 is 5.51. The van der Waals surface area contributed by atoms with Crippen LogP contribution in [0.15, 0.2) is 18.2 Å². The molecule has 1 saturated heterocycles. The van der Waals surface area contributed by atoms with Crippen LogP contribution in [0.25, 0.3) is 0 Å². The molecule has 126 valence electrons. The first-order valence-corrected chi connectivity index (χ1v) is 7.61. The van der Waals surface area contributed by atoms with E-state index in [0.29, 0.717) is 6.04 Å². The summed E-state index contributed by atoms with van der Waals surface area (Å²) in [7, 11) is 1.69. The largest absolute Gasteiger partial charge is 0.508 e. The molecule has 1 saturated carbocycles. The summed E-state index contributed by atoms with van der Waals surface area (Å²) in [6, 6.07) is 6.00. The van der Waals surface area contributed by atoms with Gasteiger partial charge in [0, 0.05) is 43.9 Å². The highest BCUT2D eigenvalue weighted by Gasteiger charge is 2.35. The van der Waals surface area contributed by atoms with E-state index in [2.05, 4.69) is 10.2 Å². The molecule has 0 unspecified atom stereocenters. The quantitative estimate of drug-likeness (QED) is 0.877. The Balaban J connectivity index is 0.00000121. The molecule has 1 aromatic rings. The Morgan fingerprint density at radius 1 is 1.23 bits per heavy atom. The molecule has 1 aromatic carbocycles. The zero-order valence-corrected chi connectivity index (χ0v) is 14.6. The number of halogens is 2. The highest BCUT2D eigenvalue weighted by molar-refractivity contribution is 5.85. The predicted octanol–water partition coefficient (Wildman–Crippen LogP) is 2.99. The Morgan fingerprint density at radius 3 is 2.45 bits per heavy atom. The average Bonchev–Trinajstić information content (AvgIpc) is 2.44. The number of piperazine rings is 1. The molecule has 0 bridgehead atoms. The summed E-state index contributed by atoms with van der Waals surface area (Å²) in [5.74, 6) is 1.82. The maximum absolute atomic E-state index is 9.67. The van der Waals surface area contributed by atoms with Crippen LogP contribution >= 0.6 is 24.8 Å². The molecule has 3 rings (SSSR count). The van der Waals surface area contributed by atoms with Crippen LogP contribution in [0.3, 0.4) is 0 Å². The lowest BCUT2D eigenvalue weighted by atomic mass is 9.76. The van der Waals surface area contributed by atoms with Gasteiger partial charge in [0.15, 0.2) is 0 Å². The van der Waals surface area contributed by atoms with E-state index in [-0.39, 0.29) is 30.6 Å². The second kappa shape index (κ2) is 8.82. The minimum absolute atomic E-state index is 0. The molecule has 0 radical (unpaired) electrons. The van der Waals surface area contributed by atoms with Crippen LogP contribution in [0, 0.1) is 5.92 Å². The lowest BCUT2D eigenvalue weighted by molar-refractivity contribution is 0.0818. The van der Waals surface area contributed by atoms with E-state index in [1.54, 1.807) is 19.2 Å². The number of hydrogen-bond acceptors (Lipinski definition) is 4. The number of phenolic OH excluding ortho intramolecular Hbond substituents is 1. The Hall–Kier alpha value is -0.680. The summed E-state index contributed by atoms with van der Waals surface area (Å²) in [5.41, 5.74) is 1.23. The van der Waals surface area contributed by atoms with Crippen LogP contribution in [0.5, 0.6) is 11.5 Å². The molecule has 1 aliphatic carbocycles. The fraction of sp³-hybridized carbons (Fsp3) is 0.625. The van der Waals surface area contributed by atoms with Gasteiger partial charge in [-0.3, -0.25) is 4.90 Å². The minimum atomic E-state index is 0. The molecule has 2 N–H and O–H groups in total. The van der Waals surface area contributed by atoms with Crippen LogP contribution in [-0.2, 0) is 0 Å². The molecule has 0 spiro atoms. The van der Waals surface area contributed by atoms with Crippen LogP contribution in [0.1, 0.15) is 30.9 Å². The molecular formula is C16H26Cl2N2O2.